The Labute approximate surface area is 135 Å². The lowest BCUT2D eigenvalue weighted by molar-refractivity contribution is 0.425. The van der Waals surface area contributed by atoms with Crippen molar-refractivity contribution in [3.05, 3.63) is 35.1 Å². The van der Waals surface area contributed by atoms with Crippen molar-refractivity contribution >= 4 is 23.4 Å². The van der Waals surface area contributed by atoms with Gasteiger partial charge in [0.25, 0.3) is 5.89 Å². The maximum atomic E-state index is 6.13. The molecule has 0 amide bonds. The Bertz CT molecular complexity index is 799. The predicted octanol–water partition coefficient (Wildman–Crippen LogP) is 3.00. The number of thioether (sulfide) groups is 1. The molecule has 7 nitrogen and oxygen atoms in total. The summed E-state index contributed by atoms with van der Waals surface area (Å²) >= 11 is 7.62. The molecule has 0 aliphatic heterocycles. The second-order valence-corrected chi connectivity index (χ2v) is 6.27. The highest BCUT2D eigenvalue weighted by Gasteiger charge is 2.28. The first-order valence-corrected chi connectivity index (χ1v) is 8.16. The molecular formula is C13H11ClN6OS. The average Bonchev–Trinajstić information content (AvgIpc) is 3.09. The third kappa shape index (κ3) is 2.71. The van der Waals surface area contributed by atoms with Gasteiger partial charge in [0.2, 0.25) is 5.16 Å². The molecule has 1 aromatic carbocycles. The van der Waals surface area contributed by atoms with Gasteiger partial charge in [-0.15, -0.1) is 5.10 Å². The number of hydrogen-bond acceptors (Lipinski definition) is 7. The lowest BCUT2D eigenvalue weighted by Crippen LogP contribution is -1.99. The van der Waals surface area contributed by atoms with Crippen molar-refractivity contribution in [2.45, 2.75) is 29.8 Å². The molecule has 1 saturated carbocycles. The zero-order valence-electron chi connectivity index (χ0n) is 11.4. The van der Waals surface area contributed by atoms with Crippen molar-refractivity contribution < 1.29 is 4.52 Å². The minimum atomic E-state index is 0.419. The molecule has 0 bridgehead atoms. The van der Waals surface area contributed by atoms with E-state index in [4.69, 9.17) is 16.1 Å². The Morgan fingerprint density at radius 1 is 1.32 bits per heavy atom. The molecule has 2 heterocycles. The third-order valence-corrected chi connectivity index (χ3v) is 4.52. The molecule has 1 fully saturated rings. The van der Waals surface area contributed by atoms with Crippen LogP contribution in [0, 0.1) is 0 Å². The molecule has 112 valence electrons. The minimum Gasteiger partial charge on any atom is -0.334 e. The molecule has 22 heavy (non-hydrogen) atoms. The van der Waals surface area contributed by atoms with Gasteiger partial charge in [-0.1, -0.05) is 40.7 Å². The van der Waals surface area contributed by atoms with Crippen molar-refractivity contribution in [2.75, 3.05) is 0 Å². The van der Waals surface area contributed by atoms with E-state index in [1.165, 1.54) is 11.8 Å². The van der Waals surface area contributed by atoms with Crippen LogP contribution in [-0.4, -0.2) is 30.3 Å². The summed E-state index contributed by atoms with van der Waals surface area (Å²) in [6.07, 6.45) is 2.27. The Kier molecular flexibility index (Phi) is 3.55. The molecule has 0 atom stereocenters. The van der Waals surface area contributed by atoms with Gasteiger partial charge in [-0.3, -0.25) is 0 Å². The monoisotopic (exact) mass is 334 g/mol. The third-order valence-electron chi connectivity index (χ3n) is 3.26. The van der Waals surface area contributed by atoms with E-state index in [1.807, 2.05) is 22.9 Å². The first-order valence-electron chi connectivity index (χ1n) is 6.79. The molecule has 2 aromatic heterocycles. The normalized spacial score (nSPS) is 14.4. The van der Waals surface area contributed by atoms with Crippen molar-refractivity contribution in [1.29, 1.82) is 0 Å². The van der Waals surface area contributed by atoms with E-state index < -0.39 is 0 Å². The fourth-order valence-corrected chi connectivity index (χ4v) is 3.02. The van der Waals surface area contributed by atoms with Crippen LogP contribution in [0.3, 0.4) is 0 Å². The van der Waals surface area contributed by atoms with E-state index in [9.17, 15) is 0 Å². The quantitative estimate of drug-likeness (QED) is 0.663. The van der Waals surface area contributed by atoms with E-state index >= 15 is 0 Å². The van der Waals surface area contributed by atoms with Crippen LogP contribution in [0.15, 0.2) is 33.9 Å². The molecule has 0 saturated heterocycles. The van der Waals surface area contributed by atoms with E-state index in [-0.39, 0.29) is 0 Å². The van der Waals surface area contributed by atoms with Gasteiger partial charge in [-0.05, 0) is 35.4 Å². The fourth-order valence-electron chi connectivity index (χ4n) is 2.01. The number of aromatic nitrogens is 6. The second-order valence-electron chi connectivity index (χ2n) is 4.92. The van der Waals surface area contributed by atoms with Crippen LogP contribution in [0.25, 0.3) is 11.5 Å². The number of benzene rings is 1. The van der Waals surface area contributed by atoms with Gasteiger partial charge in [-0.25, -0.2) is 4.68 Å². The standard InChI is InChI=1S/C13H11ClN6OS/c14-10-4-2-1-3-9(10)12-15-11(17-21-12)7-22-13-16-18-19-20(13)8-5-6-8/h1-4,8H,5-7H2. The summed E-state index contributed by atoms with van der Waals surface area (Å²) in [4.78, 5) is 4.37. The van der Waals surface area contributed by atoms with E-state index in [1.54, 1.807) is 6.07 Å². The summed E-state index contributed by atoms with van der Waals surface area (Å²) in [5.74, 6) is 1.55. The number of hydrogen-bond donors (Lipinski definition) is 0. The van der Waals surface area contributed by atoms with E-state index in [2.05, 4.69) is 25.7 Å². The molecule has 1 aliphatic rings. The molecule has 0 radical (unpaired) electrons. The second kappa shape index (κ2) is 5.69. The largest absolute Gasteiger partial charge is 0.334 e. The van der Waals surface area contributed by atoms with Gasteiger partial charge in [0, 0.05) is 0 Å². The number of tetrazole rings is 1. The summed E-state index contributed by atoms with van der Waals surface area (Å²) in [7, 11) is 0. The summed E-state index contributed by atoms with van der Waals surface area (Å²) in [6, 6.07) is 7.82. The molecule has 0 unspecified atom stereocenters. The lowest BCUT2D eigenvalue weighted by atomic mass is 10.2. The van der Waals surface area contributed by atoms with Crippen LogP contribution in [0.5, 0.6) is 0 Å². The summed E-state index contributed by atoms with van der Waals surface area (Å²) in [5, 5.41) is 17.1. The van der Waals surface area contributed by atoms with Crippen molar-refractivity contribution in [3.63, 3.8) is 0 Å². The zero-order valence-corrected chi connectivity index (χ0v) is 13.0. The smallest absolute Gasteiger partial charge is 0.259 e. The highest BCUT2D eigenvalue weighted by Crippen LogP contribution is 2.36. The van der Waals surface area contributed by atoms with E-state index in [0.29, 0.717) is 28.5 Å². The highest BCUT2D eigenvalue weighted by molar-refractivity contribution is 7.98. The van der Waals surface area contributed by atoms with E-state index in [0.717, 1.165) is 23.6 Å². The molecule has 4 rings (SSSR count). The first kappa shape index (κ1) is 13.7. The molecule has 3 aromatic rings. The van der Waals surface area contributed by atoms with Crippen molar-refractivity contribution in [2.24, 2.45) is 0 Å². The molecule has 0 spiro atoms. The van der Waals surface area contributed by atoms with Gasteiger partial charge >= 0.3 is 0 Å². The van der Waals surface area contributed by atoms with Crippen LogP contribution >= 0.6 is 23.4 Å². The van der Waals surface area contributed by atoms with Crippen LogP contribution < -0.4 is 0 Å². The summed E-state index contributed by atoms with van der Waals surface area (Å²) < 4.78 is 7.13. The molecule has 0 N–H and O–H groups in total. The van der Waals surface area contributed by atoms with Crippen molar-refractivity contribution in [1.82, 2.24) is 30.3 Å². The SMILES string of the molecule is Clc1ccccc1-c1nc(CSc2nnnn2C2CC2)no1. The topological polar surface area (TPSA) is 82.5 Å². The number of rotatable bonds is 5. The maximum absolute atomic E-state index is 6.13. The number of halogens is 1. The first-order chi connectivity index (χ1) is 10.8. The van der Waals surface area contributed by atoms with Gasteiger partial charge in [-0.2, -0.15) is 4.98 Å². The Hall–Kier alpha value is -1.93. The molecule has 9 heteroatoms. The summed E-state index contributed by atoms with van der Waals surface area (Å²) in [6.45, 7) is 0. The fraction of sp³-hybridized carbons (Fsp3) is 0.308. The van der Waals surface area contributed by atoms with Gasteiger partial charge < -0.3 is 4.52 Å². The lowest BCUT2D eigenvalue weighted by Gasteiger charge is -1.99. The highest BCUT2D eigenvalue weighted by atomic mass is 35.5. The Morgan fingerprint density at radius 2 is 2.18 bits per heavy atom. The van der Waals surface area contributed by atoms with Gasteiger partial charge in [0.15, 0.2) is 5.82 Å². The van der Waals surface area contributed by atoms with Gasteiger partial charge in [0.1, 0.15) is 0 Å². The minimum absolute atomic E-state index is 0.419. The number of nitrogens with zero attached hydrogens (tertiary/aromatic N) is 6. The van der Waals surface area contributed by atoms with Crippen molar-refractivity contribution in [3.8, 4) is 11.5 Å². The molecular weight excluding hydrogens is 324 g/mol. The maximum Gasteiger partial charge on any atom is 0.259 e. The Balaban J connectivity index is 1.48. The average molecular weight is 335 g/mol. The summed E-state index contributed by atoms with van der Waals surface area (Å²) in [5.41, 5.74) is 0.732. The van der Waals surface area contributed by atoms with Crippen LogP contribution in [0.2, 0.25) is 5.02 Å². The van der Waals surface area contributed by atoms with Gasteiger partial charge in [0.05, 0.1) is 22.4 Å². The zero-order chi connectivity index (χ0) is 14.9. The molecule has 1 aliphatic carbocycles. The predicted molar refractivity (Wildman–Crippen MR) is 80.4 cm³/mol. The van der Waals surface area contributed by atoms with Crippen LogP contribution in [0.1, 0.15) is 24.7 Å². The van der Waals surface area contributed by atoms with Crippen LogP contribution in [-0.2, 0) is 5.75 Å². The Morgan fingerprint density at radius 3 is 3.00 bits per heavy atom. The van der Waals surface area contributed by atoms with Crippen LogP contribution in [0.4, 0.5) is 0 Å².